The molecule has 2 aromatic heterocycles. The number of halogens is 7. The lowest BCUT2D eigenvalue weighted by atomic mass is 10.5. The molecule has 0 aliphatic rings. The van der Waals surface area contributed by atoms with Gasteiger partial charge in [-0.15, -0.1) is 0 Å². The average molecular weight is 472 g/mol. The number of rotatable bonds is 9. The standard InChI is InChI=1S/C12H13ClF6N5O4P/c13-8-7-9(23-10(20)22-8)21-5-24(7)1-2-26-6-29(25,27-3-11(14,15)16)28-4-12(17,18)19/h5H,1-4,6H2,(H2,20,22,23). The SMILES string of the molecule is Nc1nc(Cl)c2c(ncn2CCOCP(=O)(OCC(F)(F)F)OCC(F)(F)F)n1. The van der Waals surface area contributed by atoms with E-state index in [0.29, 0.717) is 0 Å². The van der Waals surface area contributed by atoms with Crippen molar-refractivity contribution in [3.05, 3.63) is 11.5 Å². The summed E-state index contributed by atoms with van der Waals surface area (Å²) < 4.78 is 100.0. The zero-order valence-electron chi connectivity index (χ0n) is 14.2. The Morgan fingerprint density at radius 2 is 1.69 bits per heavy atom. The highest BCUT2D eigenvalue weighted by atomic mass is 35.5. The molecule has 0 amide bonds. The topological polar surface area (TPSA) is 114 Å². The van der Waals surface area contributed by atoms with Crippen molar-refractivity contribution < 1.29 is 44.7 Å². The van der Waals surface area contributed by atoms with Gasteiger partial charge in [0.1, 0.15) is 11.9 Å². The minimum absolute atomic E-state index is 0.0258. The van der Waals surface area contributed by atoms with Crippen LogP contribution in [-0.2, 0) is 24.9 Å². The second kappa shape index (κ2) is 9.00. The van der Waals surface area contributed by atoms with E-state index >= 15 is 0 Å². The van der Waals surface area contributed by atoms with Gasteiger partial charge in [-0.2, -0.15) is 36.3 Å². The van der Waals surface area contributed by atoms with Gasteiger partial charge in [-0.1, -0.05) is 11.6 Å². The van der Waals surface area contributed by atoms with Gasteiger partial charge in [0, 0.05) is 6.54 Å². The van der Waals surface area contributed by atoms with Crippen molar-refractivity contribution >= 4 is 36.3 Å². The fourth-order valence-corrected chi connectivity index (χ4v) is 3.46. The lowest BCUT2D eigenvalue weighted by Gasteiger charge is -2.20. The van der Waals surface area contributed by atoms with Gasteiger partial charge in [0.05, 0.1) is 12.9 Å². The molecule has 0 bridgehead atoms. The van der Waals surface area contributed by atoms with Crippen molar-refractivity contribution in [3.8, 4) is 0 Å². The van der Waals surface area contributed by atoms with Gasteiger partial charge in [0.2, 0.25) is 5.95 Å². The molecule has 2 aromatic rings. The molecular formula is C12H13ClF6N5O4P. The molecule has 0 saturated carbocycles. The Hall–Kier alpha value is -1.67. The third-order valence-electron chi connectivity index (χ3n) is 3.02. The normalized spacial score (nSPS) is 13.3. The number of imidazole rings is 1. The van der Waals surface area contributed by atoms with Crippen LogP contribution < -0.4 is 5.73 Å². The van der Waals surface area contributed by atoms with E-state index in [9.17, 15) is 30.9 Å². The Morgan fingerprint density at radius 1 is 1.10 bits per heavy atom. The van der Waals surface area contributed by atoms with Crippen molar-refractivity contribution in [1.82, 2.24) is 19.5 Å². The Balaban J connectivity index is 1.97. The van der Waals surface area contributed by atoms with Crippen LogP contribution in [0, 0.1) is 0 Å². The van der Waals surface area contributed by atoms with Crippen LogP contribution >= 0.6 is 19.2 Å². The van der Waals surface area contributed by atoms with Gasteiger partial charge < -0.3 is 15.0 Å². The molecule has 17 heteroatoms. The van der Waals surface area contributed by atoms with Crippen molar-refractivity contribution in [2.45, 2.75) is 18.9 Å². The number of nitrogens with two attached hydrogens (primary N) is 1. The summed E-state index contributed by atoms with van der Waals surface area (Å²) in [6.07, 6.45) is -9.70. The predicted octanol–water partition coefficient (Wildman–Crippen LogP) is 3.39. The molecule has 0 aliphatic heterocycles. The number of hydrogen-bond donors (Lipinski definition) is 1. The third-order valence-corrected chi connectivity index (χ3v) is 4.83. The van der Waals surface area contributed by atoms with Gasteiger partial charge in [-0.05, 0) is 0 Å². The van der Waals surface area contributed by atoms with E-state index < -0.39 is 39.5 Å². The molecule has 0 aliphatic carbocycles. The first-order valence-electron chi connectivity index (χ1n) is 7.51. The Kier molecular flexibility index (Phi) is 7.32. The molecule has 0 fully saturated rings. The largest absolute Gasteiger partial charge is 0.412 e. The number of nitrogen functional groups attached to an aromatic ring is 1. The summed E-state index contributed by atoms with van der Waals surface area (Å²) in [7, 11) is -4.84. The van der Waals surface area contributed by atoms with Crippen LogP contribution in [0.25, 0.3) is 11.2 Å². The minimum atomic E-state index is -4.93. The first-order valence-corrected chi connectivity index (χ1v) is 9.62. The van der Waals surface area contributed by atoms with E-state index in [-0.39, 0.29) is 35.4 Å². The summed E-state index contributed by atoms with van der Waals surface area (Å²) in [5.74, 6) is -0.117. The smallest absolute Gasteiger partial charge is 0.368 e. The highest BCUT2D eigenvalue weighted by Crippen LogP contribution is 2.50. The summed E-state index contributed by atoms with van der Waals surface area (Å²) in [6, 6.07) is 0. The molecule has 0 saturated heterocycles. The third kappa shape index (κ3) is 7.59. The Morgan fingerprint density at radius 3 is 2.24 bits per heavy atom. The van der Waals surface area contributed by atoms with Gasteiger partial charge in [0.15, 0.2) is 24.0 Å². The number of hydrogen-bond acceptors (Lipinski definition) is 8. The number of fused-ring (bicyclic) bond motifs is 1. The Bertz CT molecular complexity index is 870. The van der Waals surface area contributed by atoms with Gasteiger partial charge in [-0.3, -0.25) is 13.6 Å². The molecule has 0 spiro atoms. The maximum atomic E-state index is 12.2. The van der Waals surface area contributed by atoms with Crippen molar-refractivity contribution in [2.75, 3.05) is 31.9 Å². The molecule has 0 atom stereocenters. The Labute approximate surface area is 163 Å². The maximum absolute atomic E-state index is 12.2. The summed E-state index contributed by atoms with van der Waals surface area (Å²) in [5, 5.41) is -0.0299. The van der Waals surface area contributed by atoms with Crippen LogP contribution in [0.3, 0.4) is 0 Å². The second-order valence-corrected chi connectivity index (χ2v) is 7.76. The van der Waals surface area contributed by atoms with E-state index in [1.54, 1.807) is 0 Å². The monoisotopic (exact) mass is 471 g/mol. The number of ether oxygens (including phenoxy) is 1. The van der Waals surface area contributed by atoms with E-state index in [4.69, 9.17) is 22.1 Å². The number of anilines is 1. The van der Waals surface area contributed by atoms with Gasteiger partial charge >= 0.3 is 19.9 Å². The number of nitrogens with zero attached hydrogens (tertiary/aromatic N) is 4. The highest BCUT2D eigenvalue weighted by molar-refractivity contribution is 7.53. The summed E-state index contributed by atoms with van der Waals surface area (Å²) in [4.78, 5) is 11.5. The number of alkyl halides is 6. The summed E-state index contributed by atoms with van der Waals surface area (Å²) >= 11 is 5.93. The first kappa shape index (κ1) is 23.6. The number of aromatic nitrogens is 4. The van der Waals surface area contributed by atoms with Crippen molar-refractivity contribution in [3.63, 3.8) is 0 Å². The summed E-state index contributed by atoms with van der Waals surface area (Å²) in [5.41, 5.74) is 5.86. The molecular weight excluding hydrogens is 459 g/mol. The average Bonchev–Trinajstić information content (AvgIpc) is 2.97. The summed E-state index contributed by atoms with van der Waals surface area (Å²) in [6.45, 7) is -4.46. The molecule has 164 valence electrons. The zero-order valence-corrected chi connectivity index (χ0v) is 15.9. The first-order chi connectivity index (χ1) is 13.3. The van der Waals surface area contributed by atoms with Crippen LogP contribution in [0.1, 0.15) is 0 Å². The second-order valence-electron chi connectivity index (χ2n) is 5.41. The fraction of sp³-hybridized carbons (Fsp3) is 0.583. The van der Waals surface area contributed by atoms with Crippen LogP contribution in [-0.4, -0.2) is 58.0 Å². The molecule has 2 rings (SSSR count). The molecule has 29 heavy (non-hydrogen) atoms. The molecule has 2 N–H and O–H groups in total. The van der Waals surface area contributed by atoms with E-state index in [1.165, 1.54) is 10.9 Å². The van der Waals surface area contributed by atoms with Crippen LogP contribution in [0.4, 0.5) is 32.3 Å². The maximum Gasteiger partial charge on any atom is 0.412 e. The van der Waals surface area contributed by atoms with E-state index in [0.717, 1.165) is 0 Å². The van der Waals surface area contributed by atoms with Gasteiger partial charge in [0.25, 0.3) is 0 Å². The molecule has 0 unspecified atom stereocenters. The van der Waals surface area contributed by atoms with E-state index in [1.807, 2.05) is 0 Å². The zero-order chi connectivity index (χ0) is 21.9. The molecule has 9 nitrogen and oxygen atoms in total. The van der Waals surface area contributed by atoms with E-state index in [2.05, 4.69) is 24.0 Å². The van der Waals surface area contributed by atoms with Gasteiger partial charge in [-0.25, -0.2) is 4.98 Å². The van der Waals surface area contributed by atoms with Crippen molar-refractivity contribution in [2.24, 2.45) is 0 Å². The van der Waals surface area contributed by atoms with Crippen LogP contribution in [0.2, 0.25) is 5.15 Å². The lowest BCUT2D eigenvalue weighted by Crippen LogP contribution is -2.21. The highest BCUT2D eigenvalue weighted by Gasteiger charge is 2.38. The van der Waals surface area contributed by atoms with Crippen LogP contribution in [0.5, 0.6) is 0 Å². The molecule has 0 aromatic carbocycles. The lowest BCUT2D eigenvalue weighted by molar-refractivity contribution is -0.166. The molecule has 2 heterocycles. The van der Waals surface area contributed by atoms with Crippen LogP contribution in [0.15, 0.2) is 6.33 Å². The van der Waals surface area contributed by atoms with Crippen molar-refractivity contribution in [1.29, 1.82) is 0 Å². The predicted molar refractivity (Wildman–Crippen MR) is 87.2 cm³/mol. The minimum Gasteiger partial charge on any atom is -0.368 e. The fourth-order valence-electron chi connectivity index (χ4n) is 1.91. The molecule has 0 radical (unpaired) electrons. The quantitative estimate of drug-likeness (QED) is 0.256.